The maximum atomic E-state index is 12.8. The third kappa shape index (κ3) is 4.13. The molecule has 0 unspecified atom stereocenters. The Balaban J connectivity index is 1.53. The summed E-state index contributed by atoms with van der Waals surface area (Å²) in [5.41, 5.74) is 3.55. The van der Waals surface area contributed by atoms with Gasteiger partial charge < -0.3 is 9.88 Å². The van der Waals surface area contributed by atoms with Crippen LogP contribution in [0.2, 0.25) is 0 Å². The van der Waals surface area contributed by atoms with Crippen molar-refractivity contribution in [2.24, 2.45) is 0 Å². The van der Waals surface area contributed by atoms with Crippen molar-refractivity contribution in [1.82, 2.24) is 19.9 Å². The van der Waals surface area contributed by atoms with Gasteiger partial charge in [0, 0.05) is 17.5 Å². The molecule has 8 heteroatoms. The number of H-pyrrole nitrogens is 1. The van der Waals surface area contributed by atoms with E-state index in [1.807, 2.05) is 49.6 Å². The van der Waals surface area contributed by atoms with Gasteiger partial charge in [0.05, 0.1) is 29.2 Å². The number of nitrogens with zero attached hydrogens (tertiary/aromatic N) is 3. The van der Waals surface area contributed by atoms with Crippen LogP contribution in [0.1, 0.15) is 21.3 Å². The molecule has 0 aliphatic rings. The van der Waals surface area contributed by atoms with Gasteiger partial charge >= 0.3 is 0 Å². The van der Waals surface area contributed by atoms with E-state index in [2.05, 4.69) is 15.0 Å². The molecule has 1 amide bonds. The van der Waals surface area contributed by atoms with Crippen LogP contribution in [0.5, 0.6) is 0 Å². The molecule has 0 saturated heterocycles. The van der Waals surface area contributed by atoms with E-state index >= 15 is 0 Å². The number of thiophene rings is 1. The van der Waals surface area contributed by atoms with Crippen molar-refractivity contribution in [3.63, 3.8) is 0 Å². The van der Waals surface area contributed by atoms with Gasteiger partial charge in [-0.2, -0.15) is 0 Å². The third-order valence-electron chi connectivity index (χ3n) is 4.62. The zero-order valence-corrected chi connectivity index (χ0v) is 18.0. The summed E-state index contributed by atoms with van der Waals surface area (Å²) in [6.45, 7) is 4.24. The zero-order valence-electron chi connectivity index (χ0n) is 16.4. The second kappa shape index (κ2) is 7.88. The highest BCUT2D eigenvalue weighted by atomic mass is 32.1. The monoisotopic (exact) mass is 424 g/mol. The predicted octanol–water partition coefficient (Wildman–Crippen LogP) is 3.93. The maximum Gasteiger partial charge on any atom is 0.268 e. The first-order valence-corrected chi connectivity index (χ1v) is 10.8. The van der Waals surface area contributed by atoms with Crippen LogP contribution in [-0.4, -0.2) is 32.8 Å². The van der Waals surface area contributed by atoms with E-state index in [1.165, 1.54) is 16.9 Å². The van der Waals surface area contributed by atoms with Gasteiger partial charge in [0.25, 0.3) is 5.56 Å². The van der Waals surface area contributed by atoms with Crippen LogP contribution in [0.15, 0.2) is 40.5 Å². The van der Waals surface area contributed by atoms with Gasteiger partial charge in [0.2, 0.25) is 5.91 Å². The zero-order chi connectivity index (χ0) is 20.5. The molecule has 0 atom stereocenters. The van der Waals surface area contributed by atoms with Crippen molar-refractivity contribution in [1.29, 1.82) is 0 Å². The van der Waals surface area contributed by atoms with Crippen molar-refractivity contribution < 1.29 is 4.79 Å². The molecule has 0 radical (unpaired) electrons. The molecule has 0 saturated carbocycles. The van der Waals surface area contributed by atoms with Gasteiger partial charge in [-0.3, -0.25) is 9.59 Å². The molecule has 1 N–H and O–H groups in total. The number of carbonyl (C=O) groups excluding carboxylic acids is 1. The second-order valence-electron chi connectivity index (χ2n) is 6.94. The van der Waals surface area contributed by atoms with E-state index in [4.69, 9.17) is 0 Å². The standard InChI is InChI=1S/C21H20N4O2S2/c1-12-4-6-14(7-5-12)19-16(29-13(2)22-19)10-18(26)25(3)11-17-23-15-8-9-28-20(15)21(27)24-17/h4-9H,10-11H2,1-3H3,(H,23,24,27). The van der Waals surface area contributed by atoms with E-state index in [0.29, 0.717) is 16.0 Å². The average molecular weight is 425 g/mol. The smallest absolute Gasteiger partial charge is 0.268 e. The number of thiazole rings is 1. The second-order valence-corrected chi connectivity index (χ2v) is 9.15. The quantitative estimate of drug-likeness (QED) is 0.527. The number of hydrogen-bond donors (Lipinski definition) is 1. The van der Waals surface area contributed by atoms with Gasteiger partial charge in [0.1, 0.15) is 10.5 Å². The first-order valence-electron chi connectivity index (χ1n) is 9.14. The first kappa shape index (κ1) is 19.5. The Morgan fingerprint density at radius 2 is 1.90 bits per heavy atom. The molecule has 3 aromatic heterocycles. The first-order chi connectivity index (χ1) is 13.9. The van der Waals surface area contributed by atoms with Crippen LogP contribution in [0.25, 0.3) is 21.5 Å². The number of likely N-dealkylation sites (N-methyl/N-ethyl adjacent to an activating group) is 1. The van der Waals surface area contributed by atoms with Crippen LogP contribution in [0, 0.1) is 13.8 Å². The van der Waals surface area contributed by atoms with Crippen LogP contribution in [0.4, 0.5) is 0 Å². The molecular weight excluding hydrogens is 404 g/mol. The van der Waals surface area contributed by atoms with Crippen molar-refractivity contribution in [3.05, 3.63) is 67.3 Å². The normalized spacial score (nSPS) is 11.1. The van der Waals surface area contributed by atoms with E-state index in [-0.39, 0.29) is 24.4 Å². The lowest BCUT2D eigenvalue weighted by atomic mass is 10.1. The van der Waals surface area contributed by atoms with Gasteiger partial charge in [-0.05, 0) is 25.3 Å². The molecule has 1 aromatic carbocycles. The number of benzene rings is 1. The summed E-state index contributed by atoms with van der Waals surface area (Å²) < 4.78 is 0.602. The Kier molecular flexibility index (Phi) is 5.29. The lowest BCUT2D eigenvalue weighted by molar-refractivity contribution is -0.129. The number of nitrogens with one attached hydrogen (secondary N) is 1. The van der Waals surface area contributed by atoms with Crippen molar-refractivity contribution in [2.75, 3.05) is 7.05 Å². The van der Waals surface area contributed by atoms with Crippen LogP contribution in [0.3, 0.4) is 0 Å². The van der Waals surface area contributed by atoms with E-state index in [9.17, 15) is 9.59 Å². The highest BCUT2D eigenvalue weighted by Gasteiger charge is 2.18. The largest absolute Gasteiger partial charge is 0.338 e. The maximum absolute atomic E-state index is 12.8. The van der Waals surface area contributed by atoms with E-state index in [1.54, 1.807) is 23.3 Å². The van der Waals surface area contributed by atoms with Gasteiger partial charge in [0.15, 0.2) is 0 Å². The lowest BCUT2D eigenvalue weighted by Gasteiger charge is -2.16. The molecule has 0 bridgehead atoms. The van der Waals surface area contributed by atoms with Crippen molar-refractivity contribution in [3.8, 4) is 11.3 Å². The van der Waals surface area contributed by atoms with Crippen LogP contribution < -0.4 is 5.56 Å². The van der Waals surface area contributed by atoms with E-state index in [0.717, 1.165) is 21.1 Å². The minimum Gasteiger partial charge on any atom is -0.338 e. The molecule has 0 aliphatic carbocycles. The fourth-order valence-corrected chi connectivity index (χ4v) is 4.78. The Bertz CT molecular complexity index is 1240. The van der Waals surface area contributed by atoms with Crippen molar-refractivity contribution in [2.45, 2.75) is 26.8 Å². The summed E-state index contributed by atoms with van der Waals surface area (Å²) in [5.74, 6) is 0.436. The number of fused-ring (bicyclic) bond motifs is 1. The molecule has 29 heavy (non-hydrogen) atoms. The molecule has 4 aromatic rings. The molecule has 3 heterocycles. The molecule has 4 rings (SSSR count). The Labute approximate surface area is 175 Å². The lowest BCUT2D eigenvalue weighted by Crippen LogP contribution is -2.29. The number of aromatic amines is 1. The summed E-state index contributed by atoms with van der Waals surface area (Å²) in [5, 5.41) is 2.77. The van der Waals surface area contributed by atoms with Crippen LogP contribution in [-0.2, 0) is 17.8 Å². The number of hydrogen-bond acceptors (Lipinski definition) is 6. The summed E-state index contributed by atoms with van der Waals surface area (Å²) in [4.78, 5) is 39.4. The molecule has 6 nitrogen and oxygen atoms in total. The third-order valence-corrected chi connectivity index (χ3v) is 6.49. The molecular formula is C21H20N4O2S2. The van der Waals surface area contributed by atoms with E-state index < -0.39 is 0 Å². The fraction of sp³-hybridized carbons (Fsp3) is 0.238. The van der Waals surface area contributed by atoms with Gasteiger partial charge in [-0.15, -0.1) is 22.7 Å². The molecule has 0 spiro atoms. The summed E-state index contributed by atoms with van der Waals surface area (Å²) in [6, 6.07) is 9.97. The summed E-state index contributed by atoms with van der Waals surface area (Å²) in [7, 11) is 1.72. The Morgan fingerprint density at radius 3 is 2.66 bits per heavy atom. The number of amides is 1. The van der Waals surface area contributed by atoms with Crippen LogP contribution >= 0.6 is 22.7 Å². The highest BCUT2D eigenvalue weighted by molar-refractivity contribution is 7.17. The predicted molar refractivity (Wildman–Crippen MR) is 117 cm³/mol. The minimum absolute atomic E-state index is 0.0462. The number of aromatic nitrogens is 3. The Morgan fingerprint density at radius 1 is 1.14 bits per heavy atom. The van der Waals surface area contributed by atoms with Gasteiger partial charge in [-0.25, -0.2) is 9.97 Å². The number of aryl methyl sites for hydroxylation is 2. The number of carbonyl (C=O) groups is 1. The SMILES string of the molecule is Cc1ccc(-c2nc(C)sc2CC(=O)N(C)Cc2nc3ccsc3c(=O)[nH]2)cc1. The fourth-order valence-electron chi connectivity index (χ4n) is 3.11. The summed E-state index contributed by atoms with van der Waals surface area (Å²) in [6.07, 6.45) is 0.260. The topological polar surface area (TPSA) is 79.0 Å². The number of rotatable bonds is 5. The molecule has 0 fully saturated rings. The van der Waals surface area contributed by atoms with Gasteiger partial charge in [-0.1, -0.05) is 29.8 Å². The summed E-state index contributed by atoms with van der Waals surface area (Å²) >= 11 is 2.90. The molecule has 148 valence electrons. The average Bonchev–Trinajstić information content (AvgIpc) is 3.29. The Hall–Kier alpha value is -2.84. The van der Waals surface area contributed by atoms with Crippen molar-refractivity contribution >= 4 is 38.8 Å². The highest BCUT2D eigenvalue weighted by Crippen LogP contribution is 2.29. The molecule has 0 aliphatic heterocycles. The minimum atomic E-state index is -0.166.